The zero-order valence-corrected chi connectivity index (χ0v) is 9.96. The Kier molecular flexibility index (Phi) is 3.66. The molecule has 0 fully saturated rings. The van der Waals surface area contributed by atoms with Gasteiger partial charge in [-0.2, -0.15) is 0 Å². The smallest absolute Gasteiger partial charge is 0.243 e. The summed E-state index contributed by atoms with van der Waals surface area (Å²) in [5.74, 6) is 0.308. The number of aryl methyl sites for hydroxylation is 1. The number of carbonyl (C=O) groups excluding carboxylic acids is 1. The average Bonchev–Trinajstić information content (AvgIpc) is 2.48. The van der Waals surface area contributed by atoms with E-state index in [0.29, 0.717) is 5.76 Å². The first-order valence-corrected chi connectivity index (χ1v) is 6.38. The fraction of sp³-hybridized carbons (Fsp3) is 0.500. The molecule has 0 spiro atoms. The molecule has 1 amide bonds. The Hall–Kier alpha value is -1.41. The minimum absolute atomic E-state index is 0.254. The maximum absolute atomic E-state index is 11.5. The maximum atomic E-state index is 11.5. The molecule has 2 N–H and O–H groups in total. The van der Waals surface area contributed by atoms with Crippen molar-refractivity contribution < 1.29 is 17.7 Å². The molecule has 0 aliphatic carbocycles. The number of nitrogens with one attached hydrogen (secondary N) is 2. The lowest BCUT2D eigenvalue weighted by Gasteiger charge is -2.10. The number of hydrogen-bond acceptors (Lipinski definition) is 5. The van der Waals surface area contributed by atoms with Crippen molar-refractivity contribution in [2.75, 3.05) is 11.6 Å². The summed E-state index contributed by atoms with van der Waals surface area (Å²) < 4.78 is 28.6. The molecule has 1 atom stereocenters. The largest absolute Gasteiger partial charge is 0.360 e. The molecule has 1 aromatic rings. The Morgan fingerprint density at radius 3 is 2.62 bits per heavy atom. The van der Waals surface area contributed by atoms with E-state index in [-0.39, 0.29) is 5.82 Å². The van der Waals surface area contributed by atoms with Gasteiger partial charge in [-0.15, -0.1) is 0 Å². The minimum atomic E-state index is -3.41. The van der Waals surface area contributed by atoms with Gasteiger partial charge in [0.05, 0.1) is 12.3 Å². The van der Waals surface area contributed by atoms with Gasteiger partial charge >= 0.3 is 0 Å². The second kappa shape index (κ2) is 4.62. The number of amides is 1. The van der Waals surface area contributed by atoms with Crippen molar-refractivity contribution in [2.45, 2.75) is 19.9 Å². The average molecular weight is 247 g/mol. The van der Waals surface area contributed by atoms with Crippen LogP contribution in [0.2, 0.25) is 0 Å². The molecule has 8 heteroatoms. The van der Waals surface area contributed by atoms with E-state index in [2.05, 4.69) is 15.2 Å². The van der Waals surface area contributed by atoms with Gasteiger partial charge in [-0.25, -0.2) is 13.1 Å². The highest BCUT2D eigenvalue weighted by atomic mass is 32.2. The molecule has 1 rings (SSSR count). The van der Waals surface area contributed by atoms with Crippen LogP contribution in [0.15, 0.2) is 10.6 Å². The van der Waals surface area contributed by atoms with E-state index >= 15 is 0 Å². The molecule has 0 saturated carbocycles. The zero-order chi connectivity index (χ0) is 12.3. The van der Waals surface area contributed by atoms with E-state index in [0.717, 1.165) is 6.26 Å². The molecular weight excluding hydrogens is 234 g/mol. The number of hydrogen-bond donors (Lipinski definition) is 2. The topological polar surface area (TPSA) is 101 Å². The van der Waals surface area contributed by atoms with Crippen LogP contribution < -0.4 is 10.0 Å². The van der Waals surface area contributed by atoms with Crippen molar-refractivity contribution >= 4 is 21.7 Å². The van der Waals surface area contributed by atoms with Crippen molar-refractivity contribution in [1.29, 1.82) is 0 Å². The van der Waals surface area contributed by atoms with Crippen molar-refractivity contribution in [3.8, 4) is 0 Å². The van der Waals surface area contributed by atoms with Gasteiger partial charge in [-0.05, 0) is 13.8 Å². The molecule has 0 radical (unpaired) electrons. The summed E-state index contributed by atoms with van der Waals surface area (Å²) in [6.07, 6.45) is 0.983. The lowest BCUT2D eigenvalue weighted by Crippen LogP contribution is -2.41. The van der Waals surface area contributed by atoms with Crippen molar-refractivity contribution in [1.82, 2.24) is 9.88 Å². The summed E-state index contributed by atoms with van der Waals surface area (Å²) >= 11 is 0. The Morgan fingerprint density at radius 2 is 2.19 bits per heavy atom. The third kappa shape index (κ3) is 3.99. The lowest BCUT2D eigenvalue weighted by molar-refractivity contribution is -0.117. The van der Waals surface area contributed by atoms with Crippen LogP contribution in [0, 0.1) is 6.92 Å². The highest BCUT2D eigenvalue weighted by Gasteiger charge is 2.17. The lowest BCUT2D eigenvalue weighted by atomic mass is 10.3. The van der Waals surface area contributed by atoms with Gasteiger partial charge in [-0.1, -0.05) is 5.16 Å². The molecule has 1 heterocycles. The van der Waals surface area contributed by atoms with E-state index < -0.39 is 22.0 Å². The molecule has 0 aromatic carbocycles. The zero-order valence-electron chi connectivity index (χ0n) is 9.14. The number of sulfonamides is 1. The summed E-state index contributed by atoms with van der Waals surface area (Å²) in [5, 5.41) is 5.96. The van der Waals surface area contributed by atoms with E-state index in [4.69, 9.17) is 4.52 Å². The molecule has 0 saturated heterocycles. The summed E-state index contributed by atoms with van der Waals surface area (Å²) in [5.41, 5.74) is 0. The number of rotatable bonds is 4. The van der Waals surface area contributed by atoms with Crippen LogP contribution in [-0.2, 0) is 14.8 Å². The van der Waals surface area contributed by atoms with Crippen LogP contribution in [-0.4, -0.2) is 31.8 Å². The predicted octanol–water partition coefficient (Wildman–Crippen LogP) is -0.141. The fourth-order valence-corrected chi connectivity index (χ4v) is 1.78. The van der Waals surface area contributed by atoms with Crippen molar-refractivity contribution in [3.05, 3.63) is 11.8 Å². The standard InChI is InChI=1S/C8H13N3O4S/c1-5-4-7(10-15-5)9-8(12)6(2)11-16(3,13)14/h4,6,11H,1-3H3,(H,9,10,12)/t6-/m1/s1. The fourth-order valence-electron chi connectivity index (χ4n) is 1.03. The first-order valence-electron chi connectivity index (χ1n) is 4.49. The molecule has 0 bridgehead atoms. The van der Waals surface area contributed by atoms with Gasteiger partial charge in [0, 0.05) is 6.07 Å². The predicted molar refractivity (Wildman–Crippen MR) is 57.3 cm³/mol. The number of nitrogens with zero attached hydrogens (tertiary/aromatic N) is 1. The molecule has 16 heavy (non-hydrogen) atoms. The first kappa shape index (κ1) is 12.7. The van der Waals surface area contributed by atoms with Crippen LogP contribution in [0.25, 0.3) is 0 Å². The maximum Gasteiger partial charge on any atom is 0.243 e. The van der Waals surface area contributed by atoms with E-state index in [1.54, 1.807) is 6.92 Å². The van der Waals surface area contributed by atoms with E-state index in [1.807, 2.05) is 0 Å². The van der Waals surface area contributed by atoms with Gasteiger partial charge < -0.3 is 9.84 Å². The second-order valence-corrected chi connectivity index (χ2v) is 5.20. The minimum Gasteiger partial charge on any atom is -0.360 e. The Bertz CT molecular complexity index is 479. The summed E-state index contributed by atoms with van der Waals surface area (Å²) in [6, 6.07) is 0.664. The van der Waals surface area contributed by atoms with Crippen LogP contribution in [0.1, 0.15) is 12.7 Å². The summed E-state index contributed by atoms with van der Waals surface area (Å²) in [6.45, 7) is 3.12. The highest BCUT2D eigenvalue weighted by Crippen LogP contribution is 2.07. The molecule has 0 aliphatic heterocycles. The summed E-state index contributed by atoms with van der Waals surface area (Å²) in [4.78, 5) is 11.5. The Labute approximate surface area is 93.2 Å². The monoisotopic (exact) mass is 247 g/mol. The molecule has 0 aliphatic rings. The van der Waals surface area contributed by atoms with E-state index in [9.17, 15) is 13.2 Å². The SMILES string of the molecule is Cc1cc(NC(=O)[C@@H](C)NS(C)(=O)=O)no1. The molecule has 7 nitrogen and oxygen atoms in total. The third-order valence-corrected chi connectivity index (χ3v) is 2.45. The molecule has 90 valence electrons. The Balaban J connectivity index is 2.59. The van der Waals surface area contributed by atoms with Crippen LogP contribution in [0.3, 0.4) is 0 Å². The van der Waals surface area contributed by atoms with Crippen molar-refractivity contribution in [3.63, 3.8) is 0 Å². The molecule has 1 aromatic heterocycles. The van der Waals surface area contributed by atoms with Gasteiger partial charge in [0.1, 0.15) is 5.76 Å². The van der Waals surface area contributed by atoms with Gasteiger partial charge in [0.15, 0.2) is 5.82 Å². The molecule has 0 unspecified atom stereocenters. The van der Waals surface area contributed by atoms with Crippen molar-refractivity contribution in [2.24, 2.45) is 0 Å². The van der Waals surface area contributed by atoms with Gasteiger partial charge in [-0.3, -0.25) is 4.79 Å². The van der Waals surface area contributed by atoms with Crippen LogP contribution >= 0.6 is 0 Å². The second-order valence-electron chi connectivity index (χ2n) is 3.42. The van der Waals surface area contributed by atoms with E-state index in [1.165, 1.54) is 13.0 Å². The quantitative estimate of drug-likeness (QED) is 0.771. The van der Waals surface area contributed by atoms with Crippen LogP contribution in [0.4, 0.5) is 5.82 Å². The number of carbonyl (C=O) groups is 1. The third-order valence-electron chi connectivity index (χ3n) is 1.66. The summed E-state index contributed by atoms with van der Waals surface area (Å²) in [7, 11) is -3.41. The van der Waals surface area contributed by atoms with Gasteiger partial charge in [0.2, 0.25) is 15.9 Å². The highest BCUT2D eigenvalue weighted by molar-refractivity contribution is 7.88. The normalized spacial score (nSPS) is 13.4. The Morgan fingerprint density at radius 1 is 1.56 bits per heavy atom. The van der Waals surface area contributed by atoms with Gasteiger partial charge in [0.25, 0.3) is 0 Å². The number of aromatic nitrogens is 1. The molecular formula is C8H13N3O4S. The number of anilines is 1. The first-order chi connectivity index (χ1) is 7.28. The van der Waals surface area contributed by atoms with Crippen LogP contribution in [0.5, 0.6) is 0 Å².